The van der Waals surface area contributed by atoms with E-state index in [0.717, 1.165) is 11.1 Å². The minimum absolute atomic E-state index is 0.0324. The van der Waals surface area contributed by atoms with Crippen molar-refractivity contribution in [3.63, 3.8) is 0 Å². The van der Waals surface area contributed by atoms with E-state index in [4.69, 9.17) is 16.7 Å². The van der Waals surface area contributed by atoms with Crippen molar-refractivity contribution in [2.45, 2.75) is 13.0 Å². The summed E-state index contributed by atoms with van der Waals surface area (Å²) in [4.78, 5) is 8.14. The lowest BCUT2D eigenvalue weighted by Crippen LogP contribution is -2.20. The zero-order valence-electron chi connectivity index (χ0n) is 9.22. The molecular weight excluding hydrogens is 258 g/mol. The highest BCUT2D eigenvalue weighted by molar-refractivity contribution is 7.08. The van der Waals surface area contributed by atoms with E-state index in [1.54, 1.807) is 17.5 Å². The number of aliphatic hydroxyl groups is 1. The highest BCUT2D eigenvalue weighted by atomic mass is 35.5. The van der Waals surface area contributed by atoms with Gasteiger partial charge in [-0.3, -0.25) is 0 Å². The number of thiophene rings is 1. The van der Waals surface area contributed by atoms with E-state index in [0.29, 0.717) is 5.82 Å². The summed E-state index contributed by atoms with van der Waals surface area (Å²) in [7, 11) is 0. The van der Waals surface area contributed by atoms with E-state index in [1.165, 1.54) is 0 Å². The van der Waals surface area contributed by atoms with Gasteiger partial charge in [0.05, 0.1) is 6.61 Å². The summed E-state index contributed by atoms with van der Waals surface area (Å²) in [6.45, 7) is 1.90. The predicted molar refractivity (Wildman–Crippen MR) is 70.5 cm³/mol. The van der Waals surface area contributed by atoms with Gasteiger partial charge in [-0.1, -0.05) is 0 Å². The van der Waals surface area contributed by atoms with Gasteiger partial charge in [0.2, 0.25) is 5.28 Å². The average molecular weight is 270 g/mol. The monoisotopic (exact) mass is 269 g/mol. The standard InChI is InChI=1S/C11H12ClN3OS/c1-7(5-16)14-10-9(4-13-11(12)15-10)8-2-3-17-6-8/h2-4,6-7,16H,5H2,1H3,(H,13,14,15)/t7-/m1/s1. The van der Waals surface area contributed by atoms with Crippen LogP contribution in [0.5, 0.6) is 0 Å². The van der Waals surface area contributed by atoms with Gasteiger partial charge in [0.15, 0.2) is 0 Å². The SMILES string of the molecule is C[C@H](CO)Nc1nc(Cl)ncc1-c1ccsc1. The number of rotatable bonds is 4. The van der Waals surface area contributed by atoms with E-state index < -0.39 is 0 Å². The van der Waals surface area contributed by atoms with Crippen molar-refractivity contribution in [3.05, 3.63) is 28.3 Å². The van der Waals surface area contributed by atoms with E-state index in [9.17, 15) is 0 Å². The zero-order valence-corrected chi connectivity index (χ0v) is 10.8. The molecule has 0 aliphatic heterocycles. The Labute approximate surface area is 108 Å². The Hall–Kier alpha value is -1.17. The Morgan fingerprint density at radius 1 is 1.59 bits per heavy atom. The number of aromatic nitrogens is 2. The van der Waals surface area contributed by atoms with Gasteiger partial charge in [0, 0.05) is 17.8 Å². The zero-order chi connectivity index (χ0) is 12.3. The van der Waals surface area contributed by atoms with Crippen LogP contribution in [0, 0.1) is 0 Å². The number of nitrogens with zero attached hydrogens (tertiary/aromatic N) is 2. The molecule has 2 N–H and O–H groups in total. The van der Waals surface area contributed by atoms with E-state index in [2.05, 4.69) is 15.3 Å². The number of hydrogen-bond donors (Lipinski definition) is 2. The van der Waals surface area contributed by atoms with E-state index in [1.807, 2.05) is 23.8 Å². The highest BCUT2D eigenvalue weighted by Gasteiger charge is 2.11. The Morgan fingerprint density at radius 2 is 2.41 bits per heavy atom. The number of aliphatic hydroxyl groups excluding tert-OH is 1. The molecule has 0 amide bonds. The van der Waals surface area contributed by atoms with Gasteiger partial charge in [-0.2, -0.15) is 11.3 Å². The maximum atomic E-state index is 9.05. The maximum Gasteiger partial charge on any atom is 0.224 e. The fourth-order valence-corrected chi connectivity index (χ4v) is 2.17. The van der Waals surface area contributed by atoms with E-state index in [-0.39, 0.29) is 17.9 Å². The number of hydrogen-bond acceptors (Lipinski definition) is 5. The van der Waals surface area contributed by atoms with Crippen molar-refractivity contribution in [3.8, 4) is 11.1 Å². The minimum atomic E-state index is -0.0849. The smallest absolute Gasteiger partial charge is 0.224 e. The van der Waals surface area contributed by atoms with Crippen molar-refractivity contribution in [1.82, 2.24) is 9.97 Å². The fraction of sp³-hybridized carbons (Fsp3) is 0.273. The first kappa shape index (κ1) is 12.3. The van der Waals surface area contributed by atoms with Crippen LogP contribution in [0.1, 0.15) is 6.92 Å². The third-order valence-electron chi connectivity index (χ3n) is 2.25. The van der Waals surface area contributed by atoms with Crippen molar-refractivity contribution in [2.75, 3.05) is 11.9 Å². The molecule has 2 heterocycles. The molecule has 0 saturated carbocycles. The molecule has 6 heteroatoms. The lowest BCUT2D eigenvalue weighted by atomic mass is 10.1. The lowest BCUT2D eigenvalue weighted by Gasteiger charge is -2.14. The molecule has 0 fully saturated rings. The molecule has 0 aliphatic carbocycles. The second kappa shape index (κ2) is 5.44. The Balaban J connectivity index is 2.38. The summed E-state index contributed by atoms with van der Waals surface area (Å²) in [5.74, 6) is 0.643. The van der Waals surface area contributed by atoms with Crippen LogP contribution in [0.15, 0.2) is 23.0 Å². The van der Waals surface area contributed by atoms with Gasteiger partial charge in [0.25, 0.3) is 0 Å². The van der Waals surface area contributed by atoms with E-state index >= 15 is 0 Å². The second-order valence-corrected chi connectivity index (χ2v) is 4.76. The van der Waals surface area contributed by atoms with Gasteiger partial charge >= 0.3 is 0 Å². The molecule has 90 valence electrons. The first-order valence-corrected chi connectivity index (χ1v) is 6.45. The Kier molecular flexibility index (Phi) is 3.93. The fourth-order valence-electron chi connectivity index (χ4n) is 1.38. The van der Waals surface area contributed by atoms with Crippen LogP contribution in [-0.2, 0) is 0 Å². The normalized spacial score (nSPS) is 12.4. The molecule has 1 atom stereocenters. The van der Waals surface area contributed by atoms with Crippen LogP contribution < -0.4 is 5.32 Å². The van der Waals surface area contributed by atoms with Crippen LogP contribution in [0.2, 0.25) is 5.28 Å². The second-order valence-electron chi connectivity index (χ2n) is 3.64. The van der Waals surface area contributed by atoms with Crippen molar-refractivity contribution < 1.29 is 5.11 Å². The largest absolute Gasteiger partial charge is 0.394 e. The molecule has 0 bridgehead atoms. The summed E-state index contributed by atoms with van der Waals surface area (Å²) in [6.07, 6.45) is 1.68. The predicted octanol–water partition coefficient (Wildman–Crippen LogP) is 2.65. The van der Waals surface area contributed by atoms with Gasteiger partial charge < -0.3 is 10.4 Å². The van der Waals surface area contributed by atoms with Crippen molar-refractivity contribution >= 4 is 28.8 Å². The molecule has 2 rings (SSSR count). The molecule has 0 unspecified atom stereocenters. The van der Waals surface area contributed by atoms with Crippen molar-refractivity contribution in [1.29, 1.82) is 0 Å². The summed E-state index contributed by atoms with van der Waals surface area (Å²) in [5, 5.41) is 16.4. The minimum Gasteiger partial charge on any atom is -0.394 e. The van der Waals surface area contributed by atoms with Gasteiger partial charge in [-0.05, 0) is 40.9 Å². The van der Waals surface area contributed by atoms with Crippen LogP contribution in [0.4, 0.5) is 5.82 Å². The van der Waals surface area contributed by atoms with Crippen LogP contribution in [-0.4, -0.2) is 27.7 Å². The summed E-state index contributed by atoms with van der Waals surface area (Å²) < 4.78 is 0. The molecule has 2 aromatic rings. The topological polar surface area (TPSA) is 58.0 Å². The Morgan fingerprint density at radius 3 is 3.06 bits per heavy atom. The average Bonchev–Trinajstić information content (AvgIpc) is 2.82. The molecule has 2 aromatic heterocycles. The molecule has 4 nitrogen and oxygen atoms in total. The number of anilines is 1. The van der Waals surface area contributed by atoms with Gasteiger partial charge in [-0.25, -0.2) is 9.97 Å². The number of nitrogens with one attached hydrogen (secondary N) is 1. The molecular formula is C11H12ClN3OS. The first-order chi connectivity index (χ1) is 8.20. The van der Waals surface area contributed by atoms with Gasteiger partial charge in [-0.15, -0.1) is 0 Å². The third kappa shape index (κ3) is 2.94. The summed E-state index contributed by atoms with van der Waals surface area (Å²) >= 11 is 7.39. The quantitative estimate of drug-likeness (QED) is 0.838. The molecule has 17 heavy (non-hydrogen) atoms. The Bertz CT molecular complexity index is 489. The first-order valence-electron chi connectivity index (χ1n) is 5.13. The molecule has 0 radical (unpaired) electrons. The van der Waals surface area contributed by atoms with Crippen LogP contribution in [0.25, 0.3) is 11.1 Å². The lowest BCUT2D eigenvalue weighted by molar-refractivity contribution is 0.281. The summed E-state index contributed by atoms with van der Waals surface area (Å²) in [6, 6.07) is 1.91. The number of halogens is 1. The molecule has 0 spiro atoms. The maximum absolute atomic E-state index is 9.05. The van der Waals surface area contributed by atoms with Crippen LogP contribution >= 0.6 is 22.9 Å². The molecule has 0 saturated heterocycles. The van der Waals surface area contributed by atoms with Gasteiger partial charge in [0.1, 0.15) is 5.82 Å². The van der Waals surface area contributed by atoms with Crippen molar-refractivity contribution in [2.24, 2.45) is 0 Å². The molecule has 0 aromatic carbocycles. The summed E-state index contributed by atoms with van der Waals surface area (Å²) in [5.41, 5.74) is 1.93. The molecule has 0 aliphatic rings. The third-order valence-corrected chi connectivity index (χ3v) is 3.11. The highest BCUT2D eigenvalue weighted by Crippen LogP contribution is 2.28. The van der Waals surface area contributed by atoms with Crippen LogP contribution in [0.3, 0.4) is 0 Å².